The first-order chi connectivity index (χ1) is 8.27. The second kappa shape index (κ2) is 8.13. The Balaban J connectivity index is 0.000000171. The smallest absolute Gasteiger partial charge is 0.0346 e. The fourth-order valence-corrected chi connectivity index (χ4v) is 2.15. The normalized spacial score (nSPS) is 16.1. The van der Waals surface area contributed by atoms with Gasteiger partial charge in [0.25, 0.3) is 0 Å². The van der Waals surface area contributed by atoms with Crippen molar-refractivity contribution in [2.45, 2.75) is 39.5 Å². The van der Waals surface area contributed by atoms with Gasteiger partial charge in [0.05, 0.1) is 0 Å². The van der Waals surface area contributed by atoms with Crippen LogP contribution in [0.3, 0.4) is 0 Å². The Hall–Kier alpha value is -1.02. The Kier molecular flexibility index (Phi) is 6.71. The lowest BCUT2D eigenvalue weighted by Crippen LogP contribution is -2.27. The van der Waals surface area contributed by atoms with Crippen molar-refractivity contribution in [1.29, 1.82) is 0 Å². The van der Waals surface area contributed by atoms with Crippen LogP contribution in [0.2, 0.25) is 0 Å². The molecule has 0 spiro atoms. The summed E-state index contributed by atoms with van der Waals surface area (Å²) in [6.07, 6.45) is 5.20. The summed E-state index contributed by atoms with van der Waals surface area (Å²) in [5.41, 5.74) is 7.77. The van der Waals surface area contributed by atoms with E-state index < -0.39 is 0 Å². The van der Waals surface area contributed by atoms with Gasteiger partial charge in [-0.2, -0.15) is 0 Å². The van der Waals surface area contributed by atoms with Crippen molar-refractivity contribution < 1.29 is 0 Å². The first-order valence-electron chi connectivity index (χ1n) is 6.82. The van der Waals surface area contributed by atoms with Crippen LogP contribution in [0.4, 0.5) is 5.69 Å². The van der Waals surface area contributed by atoms with Crippen LogP contribution in [0, 0.1) is 5.92 Å². The highest BCUT2D eigenvalue weighted by molar-refractivity contribution is 5.46. The van der Waals surface area contributed by atoms with Crippen LogP contribution in [-0.2, 0) is 6.42 Å². The number of piperidine rings is 1. The number of nitrogens with one attached hydrogen (secondary N) is 1. The number of aryl methyl sites for hydroxylation is 1. The van der Waals surface area contributed by atoms with E-state index in [1.54, 1.807) is 0 Å². The third kappa shape index (κ3) is 5.22. The van der Waals surface area contributed by atoms with Gasteiger partial charge in [-0.15, -0.1) is 0 Å². The zero-order chi connectivity index (χ0) is 12.5. The summed E-state index contributed by atoms with van der Waals surface area (Å²) in [5, 5.41) is 3.35. The molecule has 0 bridgehead atoms. The summed E-state index contributed by atoms with van der Waals surface area (Å²) in [7, 11) is 0. The second-order valence-corrected chi connectivity index (χ2v) is 4.65. The van der Waals surface area contributed by atoms with Crippen LogP contribution in [0.1, 0.15) is 38.7 Å². The van der Waals surface area contributed by atoms with E-state index in [0.29, 0.717) is 0 Å². The fraction of sp³-hybridized carbons (Fsp3) is 0.600. The molecule has 0 amide bonds. The van der Waals surface area contributed by atoms with E-state index in [4.69, 9.17) is 5.73 Å². The summed E-state index contributed by atoms with van der Waals surface area (Å²) in [4.78, 5) is 0. The minimum absolute atomic E-state index is 0.903. The molecular weight excluding hydrogens is 208 g/mol. The zero-order valence-corrected chi connectivity index (χ0v) is 11.2. The predicted octanol–water partition coefficient (Wildman–Crippen LogP) is 3.23. The largest absolute Gasteiger partial charge is 0.399 e. The second-order valence-electron chi connectivity index (χ2n) is 4.65. The molecule has 0 radical (unpaired) electrons. The highest BCUT2D eigenvalue weighted by Crippen LogP contribution is 2.14. The molecule has 0 atom stereocenters. The van der Waals surface area contributed by atoms with Crippen molar-refractivity contribution in [2.24, 2.45) is 5.92 Å². The molecule has 1 aliphatic rings. The lowest BCUT2D eigenvalue weighted by molar-refractivity contribution is 0.365. The van der Waals surface area contributed by atoms with Crippen LogP contribution < -0.4 is 11.1 Å². The standard InChI is InChI=1S/C8H11N.C7H15N/c1-2-7-5-3-4-6-8(7)9;1-2-7-3-5-8-6-4-7/h3-6H,2,9H2,1H3;7-8H,2-6H2,1H3. The molecule has 1 heterocycles. The number of para-hydroxylation sites is 1. The topological polar surface area (TPSA) is 38.0 Å². The lowest BCUT2D eigenvalue weighted by Gasteiger charge is -2.20. The molecule has 2 heteroatoms. The van der Waals surface area contributed by atoms with E-state index in [9.17, 15) is 0 Å². The molecule has 1 aromatic rings. The molecule has 0 aromatic heterocycles. The third-order valence-electron chi connectivity index (χ3n) is 3.47. The molecule has 2 rings (SSSR count). The zero-order valence-electron chi connectivity index (χ0n) is 11.2. The van der Waals surface area contributed by atoms with Crippen LogP contribution in [0.15, 0.2) is 24.3 Å². The molecule has 1 aliphatic heterocycles. The Morgan fingerprint density at radius 3 is 2.24 bits per heavy atom. The first-order valence-corrected chi connectivity index (χ1v) is 6.82. The molecule has 96 valence electrons. The number of hydrogen-bond donors (Lipinski definition) is 2. The van der Waals surface area contributed by atoms with Crippen molar-refractivity contribution in [3.8, 4) is 0 Å². The van der Waals surface area contributed by atoms with Gasteiger partial charge < -0.3 is 11.1 Å². The number of anilines is 1. The molecule has 3 N–H and O–H groups in total. The van der Waals surface area contributed by atoms with Crippen molar-refractivity contribution in [3.63, 3.8) is 0 Å². The van der Waals surface area contributed by atoms with E-state index in [1.807, 2.05) is 18.2 Å². The maximum atomic E-state index is 5.63. The molecule has 0 aliphatic carbocycles. The van der Waals surface area contributed by atoms with Gasteiger partial charge >= 0.3 is 0 Å². The predicted molar refractivity (Wildman–Crippen MR) is 76.1 cm³/mol. The van der Waals surface area contributed by atoms with E-state index in [0.717, 1.165) is 18.0 Å². The summed E-state index contributed by atoms with van der Waals surface area (Å²) in [6.45, 7) is 6.89. The summed E-state index contributed by atoms with van der Waals surface area (Å²) in [6, 6.07) is 7.94. The first kappa shape index (κ1) is 14.0. The van der Waals surface area contributed by atoms with Gasteiger partial charge in [0.1, 0.15) is 0 Å². The quantitative estimate of drug-likeness (QED) is 0.771. The van der Waals surface area contributed by atoms with Gasteiger partial charge in [0.2, 0.25) is 0 Å². The lowest BCUT2D eigenvalue weighted by atomic mass is 9.96. The van der Waals surface area contributed by atoms with Crippen LogP contribution in [0.5, 0.6) is 0 Å². The SMILES string of the molecule is CCC1CCNCC1.CCc1ccccc1N. The van der Waals surface area contributed by atoms with Gasteiger partial charge in [-0.05, 0) is 49.9 Å². The molecule has 1 aromatic carbocycles. The van der Waals surface area contributed by atoms with Crippen LogP contribution >= 0.6 is 0 Å². The molecule has 0 unspecified atom stereocenters. The monoisotopic (exact) mass is 234 g/mol. The molecule has 2 nitrogen and oxygen atoms in total. The van der Waals surface area contributed by atoms with E-state index >= 15 is 0 Å². The summed E-state index contributed by atoms with van der Waals surface area (Å²) < 4.78 is 0. The van der Waals surface area contributed by atoms with Crippen molar-refractivity contribution in [1.82, 2.24) is 5.32 Å². The van der Waals surface area contributed by atoms with E-state index in [1.165, 1.54) is 37.9 Å². The van der Waals surface area contributed by atoms with Crippen LogP contribution in [0.25, 0.3) is 0 Å². The Morgan fingerprint density at radius 1 is 1.18 bits per heavy atom. The van der Waals surface area contributed by atoms with Crippen LogP contribution in [-0.4, -0.2) is 13.1 Å². The highest BCUT2D eigenvalue weighted by Gasteiger charge is 2.08. The van der Waals surface area contributed by atoms with Gasteiger partial charge in [-0.3, -0.25) is 0 Å². The van der Waals surface area contributed by atoms with Crippen molar-refractivity contribution in [3.05, 3.63) is 29.8 Å². The van der Waals surface area contributed by atoms with Crippen molar-refractivity contribution in [2.75, 3.05) is 18.8 Å². The van der Waals surface area contributed by atoms with Crippen molar-refractivity contribution >= 4 is 5.69 Å². The Bertz CT molecular complexity index is 304. The third-order valence-corrected chi connectivity index (χ3v) is 3.47. The Labute approximate surface area is 106 Å². The molecular formula is C15H26N2. The molecule has 1 fully saturated rings. The summed E-state index contributed by atoms with van der Waals surface area (Å²) >= 11 is 0. The van der Waals surface area contributed by atoms with E-state index in [2.05, 4.69) is 25.2 Å². The maximum absolute atomic E-state index is 5.63. The van der Waals surface area contributed by atoms with E-state index in [-0.39, 0.29) is 0 Å². The van der Waals surface area contributed by atoms with Gasteiger partial charge in [-0.1, -0.05) is 38.5 Å². The summed E-state index contributed by atoms with van der Waals surface area (Å²) in [5.74, 6) is 1.02. The minimum atomic E-state index is 0.903. The highest BCUT2D eigenvalue weighted by atomic mass is 14.9. The number of hydrogen-bond acceptors (Lipinski definition) is 2. The number of nitrogen functional groups attached to an aromatic ring is 1. The number of rotatable bonds is 2. The number of nitrogens with two attached hydrogens (primary N) is 1. The van der Waals surface area contributed by atoms with Gasteiger partial charge in [0, 0.05) is 5.69 Å². The minimum Gasteiger partial charge on any atom is -0.399 e. The number of benzene rings is 1. The van der Waals surface area contributed by atoms with Gasteiger partial charge in [-0.25, -0.2) is 0 Å². The molecule has 1 saturated heterocycles. The van der Waals surface area contributed by atoms with Gasteiger partial charge in [0.15, 0.2) is 0 Å². The Morgan fingerprint density at radius 2 is 1.82 bits per heavy atom. The maximum Gasteiger partial charge on any atom is 0.0346 e. The fourth-order valence-electron chi connectivity index (χ4n) is 2.15. The average molecular weight is 234 g/mol. The molecule has 17 heavy (non-hydrogen) atoms. The average Bonchev–Trinajstić information content (AvgIpc) is 2.41. The molecule has 0 saturated carbocycles.